The third kappa shape index (κ3) is 3.42. The van der Waals surface area contributed by atoms with Gasteiger partial charge in [-0.3, -0.25) is 19.3 Å². The van der Waals surface area contributed by atoms with Gasteiger partial charge in [0.2, 0.25) is 0 Å². The second kappa shape index (κ2) is 7.78. The summed E-state index contributed by atoms with van der Waals surface area (Å²) >= 11 is 0. The maximum absolute atomic E-state index is 12.9. The molecule has 5 nitrogen and oxygen atoms in total. The van der Waals surface area contributed by atoms with Crippen LogP contribution in [0.5, 0.6) is 0 Å². The first kappa shape index (κ1) is 17.6. The average Bonchev–Trinajstić information content (AvgIpc) is 2.70. The van der Waals surface area contributed by atoms with E-state index in [9.17, 15) is 14.4 Å². The molecule has 0 bridgehead atoms. The van der Waals surface area contributed by atoms with Gasteiger partial charge in [-0.2, -0.15) is 0 Å². The Morgan fingerprint density at radius 1 is 0.923 bits per heavy atom. The Hall–Kier alpha value is -3.21. The minimum absolute atomic E-state index is 0.179. The standard InChI is InChI=1S/C21H20N2O3/c1-2-9-18-21(26)23(20(25)17-12-7-4-8-13-17)15-14-22(18)19(24)16-10-5-3-6-11-16/h2-8,10-13,18H,1,9,14-15H2/t18-/m0/s1. The molecule has 1 fully saturated rings. The molecule has 0 spiro atoms. The summed E-state index contributed by atoms with van der Waals surface area (Å²) < 4.78 is 0. The quantitative estimate of drug-likeness (QED) is 0.631. The largest absolute Gasteiger partial charge is 0.324 e. The summed E-state index contributed by atoms with van der Waals surface area (Å²) in [6.07, 6.45) is 1.90. The predicted octanol–water partition coefficient (Wildman–Crippen LogP) is 2.76. The number of hydrogen-bond acceptors (Lipinski definition) is 3. The van der Waals surface area contributed by atoms with Gasteiger partial charge in [-0.05, 0) is 30.7 Å². The SMILES string of the molecule is C=CC[C@H]1C(=O)N(C(=O)c2ccccc2)CCN1C(=O)c1ccccc1. The molecule has 1 heterocycles. The fourth-order valence-corrected chi connectivity index (χ4v) is 3.10. The number of piperazine rings is 1. The lowest BCUT2D eigenvalue weighted by molar-refractivity contribution is -0.136. The average molecular weight is 348 g/mol. The van der Waals surface area contributed by atoms with E-state index in [0.717, 1.165) is 0 Å². The molecule has 2 aromatic rings. The van der Waals surface area contributed by atoms with Gasteiger partial charge >= 0.3 is 0 Å². The van der Waals surface area contributed by atoms with E-state index in [0.29, 0.717) is 24.1 Å². The Morgan fingerprint density at radius 2 is 1.46 bits per heavy atom. The Morgan fingerprint density at radius 3 is 2.00 bits per heavy atom. The number of rotatable bonds is 4. The van der Waals surface area contributed by atoms with Crippen molar-refractivity contribution in [1.82, 2.24) is 9.80 Å². The molecule has 1 atom stereocenters. The van der Waals surface area contributed by atoms with E-state index in [-0.39, 0.29) is 24.3 Å². The van der Waals surface area contributed by atoms with Crippen LogP contribution in [0.3, 0.4) is 0 Å². The highest BCUT2D eigenvalue weighted by molar-refractivity contribution is 6.08. The summed E-state index contributed by atoms with van der Waals surface area (Å²) in [5.74, 6) is -0.914. The zero-order chi connectivity index (χ0) is 18.5. The van der Waals surface area contributed by atoms with Gasteiger partial charge in [0.05, 0.1) is 0 Å². The van der Waals surface area contributed by atoms with Crippen molar-refractivity contribution >= 4 is 17.7 Å². The molecule has 1 saturated heterocycles. The molecule has 0 N–H and O–H groups in total. The first-order valence-electron chi connectivity index (χ1n) is 8.51. The van der Waals surface area contributed by atoms with Crippen LogP contribution in [0.2, 0.25) is 0 Å². The van der Waals surface area contributed by atoms with E-state index in [1.165, 1.54) is 9.80 Å². The van der Waals surface area contributed by atoms with Crippen LogP contribution in [0.1, 0.15) is 27.1 Å². The zero-order valence-electron chi connectivity index (χ0n) is 14.4. The molecule has 0 saturated carbocycles. The number of carbonyl (C=O) groups excluding carboxylic acids is 3. The van der Waals surface area contributed by atoms with Crippen LogP contribution < -0.4 is 0 Å². The van der Waals surface area contributed by atoms with E-state index in [2.05, 4.69) is 6.58 Å². The van der Waals surface area contributed by atoms with Gasteiger partial charge < -0.3 is 4.90 Å². The van der Waals surface area contributed by atoms with Crippen LogP contribution in [0.25, 0.3) is 0 Å². The lowest BCUT2D eigenvalue weighted by Crippen LogP contribution is -2.60. The molecule has 3 amide bonds. The molecule has 26 heavy (non-hydrogen) atoms. The first-order valence-corrected chi connectivity index (χ1v) is 8.51. The highest BCUT2D eigenvalue weighted by Gasteiger charge is 2.39. The van der Waals surface area contributed by atoms with Crippen LogP contribution in [0, 0.1) is 0 Å². The molecular formula is C21H20N2O3. The molecule has 0 aliphatic carbocycles. The summed E-state index contributed by atoms with van der Waals surface area (Å²) in [7, 11) is 0. The van der Waals surface area contributed by atoms with Crippen molar-refractivity contribution in [3.63, 3.8) is 0 Å². The van der Waals surface area contributed by atoms with Gasteiger partial charge in [0, 0.05) is 24.2 Å². The predicted molar refractivity (Wildman–Crippen MR) is 98.6 cm³/mol. The number of nitrogens with zero attached hydrogens (tertiary/aromatic N) is 2. The Labute approximate surface area is 152 Å². The van der Waals surface area contributed by atoms with Crippen LogP contribution >= 0.6 is 0 Å². The molecular weight excluding hydrogens is 328 g/mol. The molecule has 132 valence electrons. The number of imide groups is 1. The topological polar surface area (TPSA) is 57.7 Å². The van der Waals surface area contributed by atoms with Crippen LogP contribution in [-0.4, -0.2) is 46.7 Å². The van der Waals surface area contributed by atoms with Gasteiger partial charge in [-0.1, -0.05) is 42.5 Å². The lowest BCUT2D eigenvalue weighted by Gasteiger charge is -2.39. The highest BCUT2D eigenvalue weighted by atomic mass is 16.2. The summed E-state index contributed by atoms with van der Waals surface area (Å²) in [4.78, 5) is 41.2. The van der Waals surface area contributed by atoms with E-state index >= 15 is 0 Å². The first-order chi connectivity index (χ1) is 12.6. The van der Waals surface area contributed by atoms with Gasteiger partial charge in [0.25, 0.3) is 17.7 Å². The highest BCUT2D eigenvalue weighted by Crippen LogP contribution is 2.20. The van der Waals surface area contributed by atoms with Crippen molar-refractivity contribution in [2.45, 2.75) is 12.5 Å². The van der Waals surface area contributed by atoms with Crippen LogP contribution in [0.4, 0.5) is 0 Å². The van der Waals surface area contributed by atoms with Gasteiger partial charge in [0.1, 0.15) is 6.04 Å². The number of amides is 3. The van der Waals surface area contributed by atoms with Crippen molar-refractivity contribution < 1.29 is 14.4 Å². The minimum atomic E-state index is -0.721. The summed E-state index contributed by atoms with van der Waals surface area (Å²) in [6, 6.07) is 16.8. The van der Waals surface area contributed by atoms with E-state index in [1.54, 1.807) is 54.6 Å². The Kier molecular flexibility index (Phi) is 5.27. The smallest absolute Gasteiger partial charge is 0.260 e. The van der Waals surface area contributed by atoms with Crippen molar-refractivity contribution in [3.8, 4) is 0 Å². The van der Waals surface area contributed by atoms with Crippen LogP contribution in [-0.2, 0) is 4.79 Å². The molecule has 5 heteroatoms. The van der Waals surface area contributed by atoms with Gasteiger partial charge in [-0.25, -0.2) is 0 Å². The third-order valence-electron chi connectivity index (χ3n) is 4.43. The molecule has 0 radical (unpaired) electrons. The number of hydrogen-bond donors (Lipinski definition) is 0. The summed E-state index contributed by atoms with van der Waals surface area (Å²) in [6.45, 7) is 4.17. The van der Waals surface area contributed by atoms with E-state index in [1.807, 2.05) is 12.1 Å². The fourth-order valence-electron chi connectivity index (χ4n) is 3.10. The second-order valence-corrected chi connectivity index (χ2v) is 6.07. The van der Waals surface area contributed by atoms with Crippen molar-refractivity contribution in [1.29, 1.82) is 0 Å². The number of benzene rings is 2. The third-order valence-corrected chi connectivity index (χ3v) is 4.43. The molecule has 3 rings (SSSR count). The molecule has 1 aliphatic rings. The normalized spacial score (nSPS) is 17.1. The lowest BCUT2D eigenvalue weighted by atomic mass is 10.0. The van der Waals surface area contributed by atoms with Gasteiger partial charge in [0.15, 0.2) is 0 Å². The van der Waals surface area contributed by atoms with E-state index in [4.69, 9.17) is 0 Å². The second-order valence-electron chi connectivity index (χ2n) is 6.07. The number of carbonyl (C=O) groups is 3. The van der Waals surface area contributed by atoms with E-state index < -0.39 is 6.04 Å². The molecule has 2 aromatic carbocycles. The minimum Gasteiger partial charge on any atom is -0.324 e. The Balaban J connectivity index is 1.84. The molecule has 0 unspecified atom stereocenters. The molecule has 1 aliphatic heterocycles. The summed E-state index contributed by atoms with van der Waals surface area (Å²) in [5, 5.41) is 0. The maximum Gasteiger partial charge on any atom is 0.260 e. The van der Waals surface area contributed by atoms with Crippen LogP contribution in [0.15, 0.2) is 73.3 Å². The maximum atomic E-state index is 12.9. The van der Waals surface area contributed by atoms with Gasteiger partial charge in [-0.15, -0.1) is 6.58 Å². The fraction of sp³-hybridized carbons (Fsp3) is 0.190. The van der Waals surface area contributed by atoms with Crippen molar-refractivity contribution in [2.24, 2.45) is 0 Å². The van der Waals surface area contributed by atoms with Crippen molar-refractivity contribution in [3.05, 3.63) is 84.4 Å². The zero-order valence-corrected chi connectivity index (χ0v) is 14.4. The Bertz CT molecular complexity index is 818. The van der Waals surface area contributed by atoms with Crippen molar-refractivity contribution in [2.75, 3.05) is 13.1 Å². The monoisotopic (exact) mass is 348 g/mol. The molecule has 0 aromatic heterocycles. The summed E-state index contributed by atoms with van der Waals surface area (Å²) in [5.41, 5.74) is 0.984.